The largest absolute Gasteiger partial charge is 0.454 e. The van der Waals surface area contributed by atoms with Crippen LogP contribution in [-0.2, 0) is 16.1 Å². The third kappa shape index (κ3) is 5.06. The van der Waals surface area contributed by atoms with Gasteiger partial charge >= 0.3 is 0 Å². The number of anilines is 1. The van der Waals surface area contributed by atoms with Crippen molar-refractivity contribution in [3.05, 3.63) is 54.1 Å². The first-order valence-electron chi connectivity index (χ1n) is 9.91. The summed E-state index contributed by atoms with van der Waals surface area (Å²) in [5, 5.41) is 5.91. The van der Waals surface area contributed by atoms with Gasteiger partial charge < -0.3 is 20.1 Å². The summed E-state index contributed by atoms with van der Waals surface area (Å²) in [4.78, 5) is 26.9. The Morgan fingerprint density at radius 3 is 2.55 bits per heavy atom. The number of piperidine rings is 1. The maximum atomic E-state index is 12.6. The second-order valence-electron chi connectivity index (χ2n) is 7.37. The zero-order valence-corrected chi connectivity index (χ0v) is 16.2. The Hall–Kier alpha value is -3.06. The fraction of sp³-hybridized carbons (Fsp3) is 0.364. The van der Waals surface area contributed by atoms with Crippen LogP contribution in [0.15, 0.2) is 48.5 Å². The van der Waals surface area contributed by atoms with E-state index in [4.69, 9.17) is 9.47 Å². The second-order valence-corrected chi connectivity index (χ2v) is 7.37. The van der Waals surface area contributed by atoms with Crippen molar-refractivity contribution >= 4 is 17.5 Å². The predicted molar refractivity (Wildman–Crippen MR) is 109 cm³/mol. The second kappa shape index (κ2) is 8.96. The summed E-state index contributed by atoms with van der Waals surface area (Å²) < 4.78 is 10.6. The number of rotatable bonds is 6. The molecule has 0 saturated carbocycles. The third-order valence-corrected chi connectivity index (χ3v) is 5.30. The molecule has 2 aromatic rings. The van der Waals surface area contributed by atoms with Crippen molar-refractivity contribution in [2.45, 2.75) is 19.4 Å². The zero-order chi connectivity index (χ0) is 20.1. The van der Waals surface area contributed by atoms with Crippen molar-refractivity contribution in [3.8, 4) is 11.5 Å². The average molecular weight is 395 g/mol. The van der Waals surface area contributed by atoms with E-state index in [9.17, 15) is 9.59 Å². The number of benzene rings is 2. The molecule has 2 amide bonds. The van der Waals surface area contributed by atoms with Gasteiger partial charge in [0.05, 0.1) is 6.54 Å². The highest BCUT2D eigenvalue weighted by atomic mass is 16.7. The van der Waals surface area contributed by atoms with Crippen LogP contribution in [-0.4, -0.2) is 43.1 Å². The molecule has 1 fully saturated rings. The van der Waals surface area contributed by atoms with E-state index < -0.39 is 0 Å². The summed E-state index contributed by atoms with van der Waals surface area (Å²) in [6.07, 6.45) is 1.48. The van der Waals surface area contributed by atoms with E-state index in [2.05, 4.69) is 15.5 Å². The molecule has 0 atom stereocenters. The molecule has 7 nitrogen and oxygen atoms in total. The third-order valence-electron chi connectivity index (χ3n) is 5.30. The Morgan fingerprint density at radius 1 is 1.00 bits per heavy atom. The number of nitrogens with one attached hydrogen (secondary N) is 2. The Bertz CT molecular complexity index is 864. The minimum absolute atomic E-state index is 0.0112. The number of carbonyl (C=O) groups is 2. The molecule has 2 aliphatic heterocycles. The monoisotopic (exact) mass is 395 g/mol. The van der Waals surface area contributed by atoms with E-state index in [-0.39, 0.29) is 24.5 Å². The molecular formula is C22H25N3O4. The Morgan fingerprint density at radius 2 is 1.76 bits per heavy atom. The maximum Gasteiger partial charge on any atom is 0.234 e. The number of likely N-dealkylation sites (tertiary alicyclic amines) is 1. The fourth-order valence-electron chi connectivity index (χ4n) is 3.63. The van der Waals surface area contributed by atoms with Gasteiger partial charge in [-0.1, -0.05) is 30.3 Å². The van der Waals surface area contributed by atoms with Crippen molar-refractivity contribution in [2.75, 3.05) is 31.7 Å². The summed E-state index contributed by atoms with van der Waals surface area (Å²) in [5.41, 5.74) is 1.79. The van der Waals surface area contributed by atoms with E-state index in [0.29, 0.717) is 30.3 Å². The van der Waals surface area contributed by atoms with Crippen molar-refractivity contribution in [3.63, 3.8) is 0 Å². The highest BCUT2D eigenvalue weighted by Crippen LogP contribution is 2.34. The molecule has 0 unspecified atom stereocenters. The van der Waals surface area contributed by atoms with Gasteiger partial charge in [0.2, 0.25) is 18.6 Å². The van der Waals surface area contributed by atoms with Crippen LogP contribution in [0.25, 0.3) is 0 Å². The predicted octanol–water partition coefficient (Wildman–Crippen LogP) is 2.38. The zero-order valence-electron chi connectivity index (χ0n) is 16.2. The Labute approximate surface area is 170 Å². The molecule has 29 heavy (non-hydrogen) atoms. The minimum Gasteiger partial charge on any atom is -0.454 e. The highest BCUT2D eigenvalue weighted by molar-refractivity contribution is 5.93. The van der Waals surface area contributed by atoms with Crippen LogP contribution in [0.2, 0.25) is 0 Å². The van der Waals surface area contributed by atoms with Crippen LogP contribution in [0.1, 0.15) is 18.4 Å². The Kier molecular flexibility index (Phi) is 5.95. The smallest absolute Gasteiger partial charge is 0.234 e. The summed E-state index contributed by atoms with van der Waals surface area (Å²) in [7, 11) is 0. The molecule has 152 valence electrons. The molecule has 2 aliphatic rings. The molecule has 2 heterocycles. The van der Waals surface area contributed by atoms with Crippen LogP contribution in [0.3, 0.4) is 0 Å². The van der Waals surface area contributed by atoms with Crippen LogP contribution in [0, 0.1) is 5.92 Å². The molecular weight excluding hydrogens is 370 g/mol. The maximum absolute atomic E-state index is 12.6. The molecule has 0 radical (unpaired) electrons. The van der Waals surface area contributed by atoms with Gasteiger partial charge in [0.15, 0.2) is 11.5 Å². The highest BCUT2D eigenvalue weighted by Gasteiger charge is 2.26. The number of amides is 2. The van der Waals surface area contributed by atoms with Crippen LogP contribution in [0.4, 0.5) is 5.69 Å². The van der Waals surface area contributed by atoms with E-state index in [0.717, 1.165) is 31.5 Å². The van der Waals surface area contributed by atoms with E-state index in [1.165, 1.54) is 0 Å². The minimum atomic E-state index is -0.0518. The molecule has 1 saturated heterocycles. The quantitative estimate of drug-likeness (QED) is 0.785. The summed E-state index contributed by atoms with van der Waals surface area (Å²) in [6.45, 7) is 2.58. The standard InChI is InChI=1S/C22H25N3O4/c26-21(23-13-16-4-2-1-3-5-16)14-25-10-8-17(9-11-25)22(27)24-18-6-7-19-20(12-18)29-15-28-19/h1-7,12,17H,8-11,13-15H2,(H,23,26)(H,24,27). The van der Waals surface area contributed by atoms with Gasteiger partial charge in [-0.25, -0.2) is 0 Å². The normalized spacial score (nSPS) is 16.4. The molecule has 0 aromatic heterocycles. The number of carbonyl (C=O) groups excluding carboxylic acids is 2. The number of hydrogen-bond donors (Lipinski definition) is 2. The lowest BCUT2D eigenvalue weighted by Gasteiger charge is -2.30. The first-order valence-corrected chi connectivity index (χ1v) is 9.91. The van der Waals surface area contributed by atoms with E-state index >= 15 is 0 Å². The van der Waals surface area contributed by atoms with E-state index in [1.807, 2.05) is 36.4 Å². The topological polar surface area (TPSA) is 79.9 Å². The van der Waals surface area contributed by atoms with Crippen LogP contribution < -0.4 is 20.1 Å². The van der Waals surface area contributed by atoms with Crippen LogP contribution >= 0.6 is 0 Å². The summed E-state index contributed by atoms with van der Waals surface area (Å²) in [6, 6.07) is 15.3. The lowest BCUT2D eigenvalue weighted by molar-refractivity contribution is -0.123. The molecule has 0 bridgehead atoms. The summed E-state index contributed by atoms with van der Waals surface area (Å²) >= 11 is 0. The number of nitrogens with zero attached hydrogens (tertiary/aromatic N) is 1. The Balaban J connectivity index is 1.19. The van der Waals surface area contributed by atoms with Gasteiger partial charge in [-0.3, -0.25) is 14.5 Å². The summed E-state index contributed by atoms with van der Waals surface area (Å²) in [5.74, 6) is 1.32. The SMILES string of the molecule is O=C(CN1CCC(C(=O)Nc2ccc3c(c2)OCO3)CC1)NCc1ccccc1. The molecule has 4 rings (SSSR count). The van der Waals surface area contributed by atoms with Crippen LogP contribution in [0.5, 0.6) is 11.5 Å². The fourth-order valence-corrected chi connectivity index (χ4v) is 3.63. The van der Waals surface area contributed by atoms with Gasteiger partial charge in [-0.15, -0.1) is 0 Å². The molecule has 7 heteroatoms. The lowest BCUT2D eigenvalue weighted by atomic mass is 9.95. The molecule has 2 N–H and O–H groups in total. The average Bonchev–Trinajstić information content (AvgIpc) is 3.21. The van der Waals surface area contributed by atoms with Gasteiger partial charge in [0.1, 0.15) is 0 Å². The first kappa shape index (κ1) is 19.3. The van der Waals surface area contributed by atoms with Gasteiger partial charge in [-0.05, 0) is 43.6 Å². The molecule has 0 spiro atoms. The molecule has 0 aliphatic carbocycles. The van der Waals surface area contributed by atoms with Crippen molar-refractivity contribution < 1.29 is 19.1 Å². The lowest BCUT2D eigenvalue weighted by Crippen LogP contribution is -2.43. The number of ether oxygens (including phenoxy) is 2. The van der Waals surface area contributed by atoms with Gasteiger partial charge in [0.25, 0.3) is 0 Å². The number of hydrogen-bond acceptors (Lipinski definition) is 5. The first-order chi connectivity index (χ1) is 14.2. The van der Waals surface area contributed by atoms with Crippen molar-refractivity contribution in [1.82, 2.24) is 10.2 Å². The van der Waals surface area contributed by atoms with E-state index in [1.54, 1.807) is 12.1 Å². The van der Waals surface area contributed by atoms with Gasteiger partial charge in [0, 0.05) is 24.2 Å². The van der Waals surface area contributed by atoms with Crippen molar-refractivity contribution in [2.24, 2.45) is 5.92 Å². The molecule has 2 aromatic carbocycles. The number of fused-ring (bicyclic) bond motifs is 1. The van der Waals surface area contributed by atoms with Crippen molar-refractivity contribution in [1.29, 1.82) is 0 Å². The van der Waals surface area contributed by atoms with Gasteiger partial charge in [-0.2, -0.15) is 0 Å².